The van der Waals surface area contributed by atoms with Gasteiger partial charge in [-0.15, -0.1) is 0 Å². The molecule has 3 rings (SSSR count). The third kappa shape index (κ3) is 4.61. The minimum atomic E-state index is -0.0880. The zero-order chi connectivity index (χ0) is 19.2. The molecule has 6 heteroatoms. The lowest BCUT2D eigenvalue weighted by Gasteiger charge is -2.31. The van der Waals surface area contributed by atoms with E-state index >= 15 is 0 Å². The van der Waals surface area contributed by atoms with E-state index in [1.807, 2.05) is 24.3 Å². The average Bonchev–Trinajstić information content (AvgIpc) is 2.72. The molecular weight excluding hydrogens is 364 g/mol. The van der Waals surface area contributed by atoms with Gasteiger partial charge in [-0.1, -0.05) is 41.9 Å². The number of para-hydroxylation sites is 1. The Hall–Kier alpha value is -2.53. The highest BCUT2D eigenvalue weighted by atomic mass is 35.5. The van der Waals surface area contributed by atoms with Gasteiger partial charge in [-0.05, 0) is 31.0 Å². The Morgan fingerprint density at radius 3 is 2.48 bits per heavy atom. The molecule has 0 aromatic heterocycles. The third-order valence-electron chi connectivity index (χ3n) is 4.90. The zero-order valence-electron chi connectivity index (χ0n) is 15.3. The van der Waals surface area contributed by atoms with Gasteiger partial charge in [0.15, 0.2) is 0 Å². The second-order valence-electron chi connectivity index (χ2n) is 6.58. The second kappa shape index (κ2) is 8.91. The summed E-state index contributed by atoms with van der Waals surface area (Å²) in [5.74, 6) is 0.618. The van der Waals surface area contributed by atoms with Crippen molar-refractivity contribution in [1.82, 2.24) is 10.2 Å². The lowest BCUT2D eigenvalue weighted by molar-refractivity contribution is -0.126. The molecule has 1 fully saturated rings. The van der Waals surface area contributed by atoms with Crippen LogP contribution < -0.4 is 10.1 Å². The highest BCUT2D eigenvalue weighted by Crippen LogP contribution is 2.23. The van der Waals surface area contributed by atoms with Crippen molar-refractivity contribution in [3.05, 3.63) is 64.7 Å². The minimum absolute atomic E-state index is 0.0192. The van der Waals surface area contributed by atoms with Crippen LogP contribution in [-0.4, -0.2) is 36.9 Å². The standard InChI is InChI=1S/C21H23ClN2O3/c1-27-19-9-5-2-6-16(19)14-23-20(25)15-10-12-24(13-11-15)21(26)17-7-3-4-8-18(17)22/h2-9,15H,10-14H2,1H3,(H,23,25). The minimum Gasteiger partial charge on any atom is -0.496 e. The predicted molar refractivity (Wildman–Crippen MR) is 105 cm³/mol. The van der Waals surface area contributed by atoms with E-state index in [9.17, 15) is 9.59 Å². The fraction of sp³-hybridized carbons (Fsp3) is 0.333. The van der Waals surface area contributed by atoms with Crippen molar-refractivity contribution in [2.75, 3.05) is 20.2 Å². The van der Waals surface area contributed by atoms with E-state index in [1.165, 1.54) is 0 Å². The molecule has 0 saturated carbocycles. The normalized spacial score (nSPS) is 14.7. The number of amides is 2. The molecule has 5 nitrogen and oxygen atoms in total. The lowest BCUT2D eigenvalue weighted by atomic mass is 9.95. The SMILES string of the molecule is COc1ccccc1CNC(=O)C1CCN(C(=O)c2ccccc2Cl)CC1. The predicted octanol–water partition coefficient (Wildman–Crippen LogP) is 3.52. The molecule has 2 aromatic rings. The number of nitrogens with one attached hydrogen (secondary N) is 1. The van der Waals surface area contributed by atoms with Crippen molar-refractivity contribution < 1.29 is 14.3 Å². The topological polar surface area (TPSA) is 58.6 Å². The van der Waals surface area contributed by atoms with Gasteiger partial charge >= 0.3 is 0 Å². The fourth-order valence-corrected chi connectivity index (χ4v) is 3.54. The highest BCUT2D eigenvalue weighted by Gasteiger charge is 2.28. The van der Waals surface area contributed by atoms with Crippen LogP contribution in [0.15, 0.2) is 48.5 Å². The van der Waals surface area contributed by atoms with Crippen LogP contribution in [0.1, 0.15) is 28.8 Å². The first kappa shape index (κ1) is 19.2. The number of nitrogens with zero attached hydrogens (tertiary/aromatic N) is 1. The number of halogens is 1. The van der Waals surface area contributed by atoms with Crippen LogP contribution >= 0.6 is 11.6 Å². The molecule has 1 aliphatic heterocycles. The van der Waals surface area contributed by atoms with Gasteiger partial charge in [0.25, 0.3) is 5.91 Å². The molecule has 2 aromatic carbocycles. The van der Waals surface area contributed by atoms with E-state index in [1.54, 1.807) is 36.3 Å². The van der Waals surface area contributed by atoms with Crippen molar-refractivity contribution in [1.29, 1.82) is 0 Å². The molecule has 142 valence electrons. The Balaban J connectivity index is 1.52. The lowest BCUT2D eigenvalue weighted by Crippen LogP contribution is -2.43. The van der Waals surface area contributed by atoms with Crippen molar-refractivity contribution in [2.24, 2.45) is 5.92 Å². The summed E-state index contributed by atoms with van der Waals surface area (Å²) >= 11 is 6.12. The van der Waals surface area contributed by atoms with Gasteiger partial charge in [0.05, 0.1) is 17.7 Å². The number of methoxy groups -OCH3 is 1. The number of hydrogen-bond donors (Lipinski definition) is 1. The maximum Gasteiger partial charge on any atom is 0.255 e. The molecule has 1 heterocycles. The van der Waals surface area contributed by atoms with Crippen LogP contribution in [0.5, 0.6) is 5.75 Å². The Morgan fingerprint density at radius 2 is 1.78 bits per heavy atom. The number of hydrogen-bond acceptors (Lipinski definition) is 3. The Kier molecular flexibility index (Phi) is 6.35. The number of rotatable bonds is 5. The van der Waals surface area contributed by atoms with E-state index in [2.05, 4.69) is 5.32 Å². The van der Waals surface area contributed by atoms with Gasteiger partial charge in [-0.25, -0.2) is 0 Å². The number of carbonyl (C=O) groups is 2. The summed E-state index contributed by atoms with van der Waals surface area (Å²) in [6, 6.07) is 14.7. The van der Waals surface area contributed by atoms with Gasteiger partial charge in [0.1, 0.15) is 5.75 Å². The summed E-state index contributed by atoms with van der Waals surface area (Å²) < 4.78 is 5.31. The number of benzene rings is 2. The number of likely N-dealkylation sites (tertiary alicyclic amines) is 1. The fourth-order valence-electron chi connectivity index (χ4n) is 3.33. The van der Waals surface area contributed by atoms with E-state index in [-0.39, 0.29) is 17.7 Å². The van der Waals surface area contributed by atoms with Crippen LogP contribution in [0.3, 0.4) is 0 Å². The maximum absolute atomic E-state index is 12.6. The van der Waals surface area contributed by atoms with Gasteiger partial charge in [-0.3, -0.25) is 9.59 Å². The molecule has 27 heavy (non-hydrogen) atoms. The van der Waals surface area contributed by atoms with E-state index in [0.29, 0.717) is 43.1 Å². The number of piperidine rings is 1. The molecule has 1 N–H and O–H groups in total. The van der Waals surface area contributed by atoms with Crippen molar-refractivity contribution in [3.63, 3.8) is 0 Å². The van der Waals surface area contributed by atoms with Gasteiger partial charge < -0.3 is 15.0 Å². The van der Waals surface area contributed by atoms with Crippen LogP contribution in [0.25, 0.3) is 0 Å². The Labute approximate surface area is 164 Å². The summed E-state index contributed by atoms with van der Waals surface area (Å²) in [7, 11) is 1.62. The van der Waals surface area contributed by atoms with Gasteiger partial charge in [-0.2, -0.15) is 0 Å². The van der Waals surface area contributed by atoms with Crippen molar-refractivity contribution in [3.8, 4) is 5.75 Å². The molecule has 0 bridgehead atoms. The van der Waals surface area contributed by atoms with E-state index < -0.39 is 0 Å². The average molecular weight is 387 g/mol. The molecule has 0 spiro atoms. The first-order chi connectivity index (χ1) is 13.1. The number of carbonyl (C=O) groups excluding carboxylic acids is 2. The summed E-state index contributed by atoms with van der Waals surface area (Å²) in [6.45, 7) is 1.54. The summed E-state index contributed by atoms with van der Waals surface area (Å²) in [6.07, 6.45) is 1.29. The van der Waals surface area contributed by atoms with Crippen molar-refractivity contribution >= 4 is 23.4 Å². The van der Waals surface area contributed by atoms with Crippen LogP contribution in [-0.2, 0) is 11.3 Å². The quantitative estimate of drug-likeness (QED) is 0.855. The Morgan fingerprint density at radius 1 is 1.11 bits per heavy atom. The summed E-state index contributed by atoms with van der Waals surface area (Å²) in [5.41, 5.74) is 1.46. The largest absolute Gasteiger partial charge is 0.496 e. The molecule has 0 aliphatic carbocycles. The first-order valence-corrected chi connectivity index (χ1v) is 9.41. The molecule has 1 saturated heterocycles. The smallest absolute Gasteiger partial charge is 0.255 e. The number of ether oxygens (including phenoxy) is 1. The molecule has 0 radical (unpaired) electrons. The molecule has 1 aliphatic rings. The molecule has 0 unspecified atom stereocenters. The van der Waals surface area contributed by atoms with Crippen molar-refractivity contribution in [2.45, 2.75) is 19.4 Å². The molecule has 2 amide bonds. The summed E-state index contributed by atoms with van der Waals surface area (Å²) in [4.78, 5) is 26.9. The monoisotopic (exact) mass is 386 g/mol. The van der Waals surface area contributed by atoms with Crippen LogP contribution in [0.2, 0.25) is 5.02 Å². The first-order valence-electron chi connectivity index (χ1n) is 9.03. The Bertz CT molecular complexity index is 817. The second-order valence-corrected chi connectivity index (χ2v) is 6.98. The molecular formula is C21H23ClN2O3. The van der Waals surface area contributed by atoms with Crippen LogP contribution in [0.4, 0.5) is 0 Å². The summed E-state index contributed by atoms with van der Waals surface area (Å²) in [5, 5.41) is 3.44. The molecule has 0 atom stereocenters. The van der Waals surface area contributed by atoms with E-state index in [0.717, 1.165) is 11.3 Å². The third-order valence-corrected chi connectivity index (χ3v) is 5.23. The maximum atomic E-state index is 12.6. The van der Waals surface area contributed by atoms with Crippen LogP contribution in [0, 0.1) is 5.92 Å². The highest BCUT2D eigenvalue weighted by molar-refractivity contribution is 6.33. The zero-order valence-corrected chi connectivity index (χ0v) is 16.0. The van der Waals surface area contributed by atoms with Gasteiger partial charge in [0, 0.05) is 31.1 Å². The van der Waals surface area contributed by atoms with Gasteiger partial charge in [0.2, 0.25) is 5.91 Å². The van der Waals surface area contributed by atoms with E-state index in [4.69, 9.17) is 16.3 Å².